The van der Waals surface area contributed by atoms with Gasteiger partial charge in [-0.2, -0.15) is 0 Å². The second kappa shape index (κ2) is 6.10. The summed E-state index contributed by atoms with van der Waals surface area (Å²) in [5, 5.41) is 2.86. The highest BCUT2D eigenvalue weighted by Crippen LogP contribution is 2.28. The lowest BCUT2D eigenvalue weighted by Crippen LogP contribution is -2.28. The molecule has 106 valence electrons. The summed E-state index contributed by atoms with van der Waals surface area (Å²) >= 11 is 0. The molecule has 0 aliphatic heterocycles. The van der Waals surface area contributed by atoms with Gasteiger partial charge in [0.25, 0.3) is 5.91 Å². The van der Waals surface area contributed by atoms with E-state index in [0.29, 0.717) is 22.9 Å². The summed E-state index contributed by atoms with van der Waals surface area (Å²) in [6.07, 6.45) is 3.35. The van der Waals surface area contributed by atoms with E-state index in [1.54, 1.807) is 30.6 Å². The first-order valence-electron chi connectivity index (χ1n) is 6.18. The van der Waals surface area contributed by atoms with E-state index in [1.165, 1.54) is 14.2 Å². The van der Waals surface area contributed by atoms with Gasteiger partial charge in [0.05, 0.1) is 20.3 Å². The summed E-state index contributed by atoms with van der Waals surface area (Å²) in [6.45, 7) is 1.85. The third kappa shape index (κ3) is 2.74. The Labute approximate surface area is 117 Å². The maximum absolute atomic E-state index is 12.4. The molecular weight excluding hydrogens is 258 g/mol. The van der Waals surface area contributed by atoms with Crippen LogP contribution in [0.4, 0.5) is 0 Å². The molecule has 0 spiro atoms. The minimum atomic E-state index is -0.275. The Morgan fingerprint density at radius 2 is 1.95 bits per heavy atom. The molecule has 6 nitrogen and oxygen atoms in total. The molecule has 2 N–H and O–H groups in total. The second-order valence-electron chi connectivity index (χ2n) is 4.21. The Morgan fingerprint density at radius 1 is 1.30 bits per heavy atom. The lowest BCUT2D eigenvalue weighted by molar-refractivity contribution is 0.0932. The first-order valence-corrected chi connectivity index (χ1v) is 6.18. The molecule has 0 radical (unpaired) electrons. The minimum absolute atomic E-state index is 0.243. The highest BCUT2D eigenvalue weighted by molar-refractivity contribution is 5.99. The summed E-state index contributed by atoms with van der Waals surface area (Å²) in [5.41, 5.74) is 0.371. The van der Waals surface area contributed by atoms with Crippen molar-refractivity contribution in [2.24, 2.45) is 0 Å². The Kier molecular flexibility index (Phi) is 4.24. The molecule has 0 saturated heterocycles. The fourth-order valence-electron chi connectivity index (χ4n) is 1.93. The van der Waals surface area contributed by atoms with Crippen molar-refractivity contribution < 1.29 is 14.3 Å². The number of ether oxygens (including phenoxy) is 2. The monoisotopic (exact) mass is 275 g/mol. The summed E-state index contributed by atoms with van der Waals surface area (Å²) < 4.78 is 10.4. The maximum Gasteiger partial charge on any atom is 0.259 e. The number of nitrogens with zero attached hydrogens (tertiary/aromatic N) is 1. The third-order valence-corrected chi connectivity index (χ3v) is 2.93. The molecule has 0 fully saturated rings. The molecule has 0 aliphatic rings. The molecule has 2 aromatic rings. The van der Waals surface area contributed by atoms with Crippen molar-refractivity contribution in [3.8, 4) is 11.5 Å². The molecule has 1 unspecified atom stereocenters. The van der Waals surface area contributed by atoms with E-state index >= 15 is 0 Å². The number of nitrogens with one attached hydrogen (secondary N) is 2. The first-order chi connectivity index (χ1) is 9.67. The summed E-state index contributed by atoms with van der Waals surface area (Å²) in [7, 11) is 3.03. The largest absolute Gasteiger partial charge is 0.496 e. The first kappa shape index (κ1) is 13.9. The van der Waals surface area contributed by atoms with Gasteiger partial charge in [0.15, 0.2) is 0 Å². The molecule has 0 bridgehead atoms. The SMILES string of the molecule is COc1cccc(OC)c1C(=O)NC(C)c1ncc[nH]1. The van der Waals surface area contributed by atoms with Gasteiger partial charge in [0.1, 0.15) is 22.9 Å². The Bertz CT molecular complexity index is 559. The maximum atomic E-state index is 12.4. The molecular formula is C14H17N3O3. The Morgan fingerprint density at radius 3 is 2.45 bits per heavy atom. The number of aromatic nitrogens is 2. The van der Waals surface area contributed by atoms with Crippen LogP contribution in [0, 0.1) is 0 Å². The van der Waals surface area contributed by atoms with Crippen LogP contribution in [-0.4, -0.2) is 30.1 Å². The number of carbonyl (C=O) groups excluding carboxylic acids is 1. The number of methoxy groups -OCH3 is 2. The number of hydrogen-bond acceptors (Lipinski definition) is 4. The van der Waals surface area contributed by atoms with Crippen LogP contribution in [0.15, 0.2) is 30.6 Å². The fraction of sp³-hybridized carbons (Fsp3) is 0.286. The third-order valence-electron chi connectivity index (χ3n) is 2.93. The van der Waals surface area contributed by atoms with Crippen LogP contribution in [0.5, 0.6) is 11.5 Å². The molecule has 6 heteroatoms. The van der Waals surface area contributed by atoms with Crippen molar-refractivity contribution in [2.45, 2.75) is 13.0 Å². The molecule has 1 aromatic carbocycles. The molecule has 0 aliphatic carbocycles. The average Bonchev–Trinajstić information content (AvgIpc) is 3.00. The van der Waals surface area contributed by atoms with Gasteiger partial charge in [0, 0.05) is 12.4 Å². The van der Waals surface area contributed by atoms with Gasteiger partial charge >= 0.3 is 0 Å². The number of rotatable bonds is 5. The van der Waals surface area contributed by atoms with Crippen LogP contribution in [-0.2, 0) is 0 Å². The fourth-order valence-corrected chi connectivity index (χ4v) is 1.93. The quantitative estimate of drug-likeness (QED) is 0.874. The second-order valence-corrected chi connectivity index (χ2v) is 4.21. The van der Waals surface area contributed by atoms with E-state index in [2.05, 4.69) is 15.3 Å². The van der Waals surface area contributed by atoms with Gasteiger partial charge < -0.3 is 19.8 Å². The molecule has 0 saturated carbocycles. The van der Waals surface area contributed by atoms with E-state index in [9.17, 15) is 4.79 Å². The van der Waals surface area contributed by atoms with Crippen LogP contribution >= 0.6 is 0 Å². The predicted molar refractivity (Wildman–Crippen MR) is 74.0 cm³/mol. The Hall–Kier alpha value is -2.50. The zero-order valence-electron chi connectivity index (χ0n) is 11.6. The van der Waals surface area contributed by atoms with Crippen molar-refractivity contribution in [3.05, 3.63) is 42.0 Å². The molecule has 2 rings (SSSR count). The van der Waals surface area contributed by atoms with Gasteiger partial charge in [-0.25, -0.2) is 4.98 Å². The van der Waals surface area contributed by atoms with E-state index in [0.717, 1.165) is 0 Å². The van der Waals surface area contributed by atoms with E-state index < -0.39 is 0 Å². The summed E-state index contributed by atoms with van der Waals surface area (Å²) in [5.74, 6) is 1.34. The molecule has 20 heavy (non-hydrogen) atoms. The standard InChI is InChI=1S/C14H17N3O3/c1-9(13-15-7-8-16-13)17-14(18)12-10(19-2)5-4-6-11(12)20-3/h4-9H,1-3H3,(H,15,16)(H,17,18). The van der Waals surface area contributed by atoms with Gasteiger partial charge in [-0.1, -0.05) is 6.07 Å². The number of aromatic amines is 1. The average molecular weight is 275 g/mol. The predicted octanol–water partition coefficient (Wildman–Crippen LogP) is 1.92. The van der Waals surface area contributed by atoms with E-state index in [4.69, 9.17) is 9.47 Å². The number of hydrogen-bond donors (Lipinski definition) is 2. The van der Waals surface area contributed by atoms with Crippen molar-refractivity contribution in [3.63, 3.8) is 0 Å². The number of H-pyrrole nitrogens is 1. The topological polar surface area (TPSA) is 76.2 Å². The smallest absolute Gasteiger partial charge is 0.259 e. The number of carbonyl (C=O) groups is 1. The lowest BCUT2D eigenvalue weighted by atomic mass is 10.1. The summed E-state index contributed by atoms with van der Waals surface area (Å²) in [4.78, 5) is 19.5. The zero-order valence-corrected chi connectivity index (χ0v) is 11.6. The number of imidazole rings is 1. The molecule has 1 amide bonds. The molecule has 1 atom stereocenters. The van der Waals surface area contributed by atoms with Crippen LogP contribution in [0.25, 0.3) is 0 Å². The highest BCUT2D eigenvalue weighted by Gasteiger charge is 2.20. The number of amides is 1. The van der Waals surface area contributed by atoms with Gasteiger partial charge in [-0.3, -0.25) is 4.79 Å². The van der Waals surface area contributed by atoms with Crippen LogP contribution in [0.3, 0.4) is 0 Å². The normalized spacial score (nSPS) is 11.8. The van der Waals surface area contributed by atoms with E-state index in [1.807, 2.05) is 6.92 Å². The van der Waals surface area contributed by atoms with Crippen molar-refractivity contribution in [2.75, 3.05) is 14.2 Å². The highest BCUT2D eigenvalue weighted by atomic mass is 16.5. The summed E-state index contributed by atoms with van der Waals surface area (Å²) in [6, 6.07) is 4.96. The molecule has 1 aromatic heterocycles. The van der Waals surface area contributed by atoms with Crippen molar-refractivity contribution in [1.82, 2.24) is 15.3 Å². The number of benzene rings is 1. The van der Waals surface area contributed by atoms with Crippen molar-refractivity contribution in [1.29, 1.82) is 0 Å². The van der Waals surface area contributed by atoms with Crippen LogP contribution in [0.2, 0.25) is 0 Å². The zero-order chi connectivity index (χ0) is 14.5. The lowest BCUT2D eigenvalue weighted by Gasteiger charge is -2.15. The van der Waals surface area contributed by atoms with Crippen LogP contribution < -0.4 is 14.8 Å². The van der Waals surface area contributed by atoms with Gasteiger partial charge in [-0.15, -0.1) is 0 Å². The van der Waals surface area contributed by atoms with Crippen molar-refractivity contribution >= 4 is 5.91 Å². The molecule has 1 heterocycles. The Balaban J connectivity index is 2.25. The van der Waals surface area contributed by atoms with Gasteiger partial charge in [-0.05, 0) is 19.1 Å². The minimum Gasteiger partial charge on any atom is -0.496 e. The van der Waals surface area contributed by atoms with Crippen LogP contribution in [0.1, 0.15) is 29.1 Å². The van der Waals surface area contributed by atoms with E-state index in [-0.39, 0.29) is 11.9 Å². The van der Waals surface area contributed by atoms with Gasteiger partial charge in [0.2, 0.25) is 0 Å².